The summed E-state index contributed by atoms with van der Waals surface area (Å²) < 4.78 is 52.1. The van der Waals surface area contributed by atoms with Crippen molar-refractivity contribution in [2.75, 3.05) is 26.0 Å². The Bertz CT molecular complexity index is 1800. The van der Waals surface area contributed by atoms with Crippen LogP contribution in [0.2, 0.25) is 0 Å². The SMILES string of the molecule is CN=C[C@@]1(c2ccc3c(N)ncnn23)O[C@H](COP(=O)(N[C@@H](C)C(=O)OCC2CCC2)Oc2ccccc2)[C@@H](OC(=O)C(C)C)[C@H]1OC(=O)C(C)C. The number of carbonyl (C=O) groups excluding carboxylic acids is 3. The fourth-order valence-corrected chi connectivity index (χ4v) is 7.25. The minimum absolute atomic E-state index is 0.173. The number of carbonyl (C=O) groups is 3. The summed E-state index contributed by atoms with van der Waals surface area (Å²) >= 11 is 0. The third-order valence-corrected chi connectivity index (χ3v) is 10.5. The Hall–Kier alpha value is -4.37. The highest BCUT2D eigenvalue weighted by Gasteiger charge is 2.61. The van der Waals surface area contributed by atoms with E-state index in [2.05, 4.69) is 20.2 Å². The van der Waals surface area contributed by atoms with Crippen molar-refractivity contribution in [1.29, 1.82) is 0 Å². The molecule has 16 nitrogen and oxygen atoms in total. The number of nitrogen functional groups attached to an aromatic ring is 1. The smallest absolute Gasteiger partial charge is 0.459 e. The molecule has 3 heterocycles. The molecule has 1 saturated heterocycles. The van der Waals surface area contributed by atoms with E-state index in [-0.39, 0.29) is 18.2 Å². The first-order valence-corrected chi connectivity index (χ1v) is 18.9. The van der Waals surface area contributed by atoms with Crippen LogP contribution in [0.15, 0.2) is 53.8 Å². The lowest BCUT2D eigenvalue weighted by Crippen LogP contribution is -2.48. The number of aliphatic imine (C=N–C) groups is 1. The van der Waals surface area contributed by atoms with Gasteiger partial charge in [0.1, 0.15) is 29.7 Å². The minimum atomic E-state index is -4.40. The van der Waals surface area contributed by atoms with Gasteiger partial charge in [-0.1, -0.05) is 52.3 Å². The van der Waals surface area contributed by atoms with Crippen molar-refractivity contribution in [3.8, 4) is 5.75 Å². The second kappa shape index (κ2) is 16.5. The molecule has 1 aromatic carbocycles. The molecule has 52 heavy (non-hydrogen) atoms. The summed E-state index contributed by atoms with van der Waals surface area (Å²) in [6.45, 7) is 7.83. The van der Waals surface area contributed by atoms with E-state index in [0.717, 1.165) is 19.3 Å². The first kappa shape index (κ1) is 38.9. The van der Waals surface area contributed by atoms with Crippen molar-refractivity contribution in [2.45, 2.75) is 83.8 Å². The first-order chi connectivity index (χ1) is 24.8. The zero-order valence-electron chi connectivity index (χ0n) is 30.2. The number of aromatic nitrogens is 3. The molecule has 282 valence electrons. The van der Waals surface area contributed by atoms with Gasteiger partial charge in [-0.25, -0.2) is 14.1 Å². The number of para-hydroxylation sites is 1. The third-order valence-electron chi connectivity index (χ3n) is 8.84. The number of nitrogens with zero attached hydrogens (tertiary/aromatic N) is 4. The highest BCUT2D eigenvalue weighted by atomic mass is 31.2. The van der Waals surface area contributed by atoms with Crippen LogP contribution in [0.25, 0.3) is 5.52 Å². The lowest BCUT2D eigenvalue weighted by molar-refractivity contribution is -0.172. The molecule has 0 amide bonds. The Kier molecular flexibility index (Phi) is 12.4. The number of ether oxygens (including phenoxy) is 4. The van der Waals surface area contributed by atoms with Gasteiger partial charge in [0, 0.05) is 13.3 Å². The van der Waals surface area contributed by atoms with Crippen LogP contribution in [0.1, 0.15) is 59.6 Å². The first-order valence-electron chi connectivity index (χ1n) is 17.3. The fourth-order valence-electron chi connectivity index (χ4n) is 5.75. The van der Waals surface area contributed by atoms with E-state index in [1.807, 2.05) is 0 Å². The molecule has 1 saturated carbocycles. The van der Waals surface area contributed by atoms with Crippen molar-refractivity contribution in [3.63, 3.8) is 0 Å². The van der Waals surface area contributed by atoms with Gasteiger partial charge in [-0.15, -0.1) is 0 Å². The zero-order valence-corrected chi connectivity index (χ0v) is 31.1. The monoisotopic (exact) mass is 742 g/mol. The van der Waals surface area contributed by atoms with Gasteiger partial charge in [-0.3, -0.25) is 23.9 Å². The van der Waals surface area contributed by atoms with Gasteiger partial charge in [0.2, 0.25) is 0 Å². The predicted molar refractivity (Wildman–Crippen MR) is 189 cm³/mol. The highest BCUT2D eigenvalue weighted by molar-refractivity contribution is 7.52. The molecule has 2 aliphatic rings. The molecule has 2 fully saturated rings. The van der Waals surface area contributed by atoms with E-state index >= 15 is 0 Å². The van der Waals surface area contributed by atoms with Gasteiger partial charge >= 0.3 is 25.7 Å². The number of rotatable bonds is 16. The summed E-state index contributed by atoms with van der Waals surface area (Å²) in [5.41, 5.74) is 5.16. The molecule has 3 aromatic rings. The average molecular weight is 743 g/mol. The average Bonchev–Trinajstić information content (AvgIpc) is 3.64. The van der Waals surface area contributed by atoms with Crippen LogP contribution in [-0.4, -0.2) is 83.3 Å². The Morgan fingerprint density at radius 3 is 2.37 bits per heavy atom. The lowest BCUT2D eigenvalue weighted by Gasteiger charge is -2.32. The van der Waals surface area contributed by atoms with Crippen molar-refractivity contribution >= 4 is 43.2 Å². The zero-order chi connectivity index (χ0) is 37.6. The van der Waals surface area contributed by atoms with E-state index in [4.69, 9.17) is 33.7 Å². The van der Waals surface area contributed by atoms with Gasteiger partial charge < -0.3 is 29.2 Å². The molecule has 2 aromatic heterocycles. The molecular formula is C35H47N6O10P. The second-order valence-electron chi connectivity index (χ2n) is 13.5. The van der Waals surface area contributed by atoms with Gasteiger partial charge in [-0.05, 0) is 49.9 Å². The van der Waals surface area contributed by atoms with Crippen molar-refractivity contribution in [3.05, 3.63) is 54.5 Å². The van der Waals surface area contributed by atoms with E-state index < -0.39 is 74.1 Å². The van der Waals surface area contributed by atoms with E-state index in [9.17, 15) is 18.9 Å². The van der Waals surface area contributed by atoms with Crippen molar-refractivity contribution in [1.82, 2.24) is 19.7 Å². The molecule has 17 heteroatoms. The summed E-state index contributed by atoms with van der Waals surface area (Å²) in [4.78, 5) is 47.8. The molecule has 1 aliphatic carbocycles. The van der Waals surface area contributed by atoms with E-state index in [0.29, 0.717) is 17.1 Å². The van der Waals surface area contributed by atoms with Crippen LogP contribution < -0.4 is 15.3 Å². The molecule has 1 aliphatic heterocycles. The number of anilines is 1. The molecule has 0 radical (unpaired) electrons. The number of nitrogens with one attached hydrogen (secondary N) is 1. The van der Waals surface area contributed by atoms with Crippen molar-refractivity contribution in [2.24, 2.45) is 22.7 Å². The molecule has 0 spiro atoms. The van der Waals surface area contributed by atoms with E-state index in [1.165, 1.54) is 31.0 Å². The molecule has 3 N–H and O–H groups in total. The third kappa shape index (κ3) is 8.63. The Morgan fingerprint density at radius 1 is 1.04 bits per heavy atom. The number of nitrogens with two attached hydrogens (primary N) is 1. The summed E-state index contributed by atoms with van der Waals surface area (Å²) in [6, 6.07) is 10.5. The summed E-state index contributed by atoms with van der Waals surface area (Å²) in [5.74, 6) is -2.36. The van der Waals surface area contributed by atoms with E-state index in [1.54, 1.807) is 70.2 Å². The van der Waals surface area contributed by atoms with Gasteiger partial charge in [0.25, 0.3) is 0 Å². The number of hydrogen-bond acceptors (Lipinski definition) is 14. The maximum absolute atomic E-state index is 14.5. The summed E-state index contributed by atoms with van der Waals surface area (Å²) in [6.07, 6.45) is 1.81. The van der Waals surface area contributed by atoms with Crippen LogP contribution in [0, 0.1) is 17.8 Å². The van der Waals surface area contributed by atoms with Gasteiger partial charge in [-0.2, -0.15) is 10.2 Å². The number of esters is 3. The molecule has 0 bridgehead atoms. The standard InChI is InChI=1S/C35H47N6O10P/c1-21(2)32(42)48-29-27(18-47-52(45,51-25-13-8-7-9-14-25)40-23(5)34(44)46-17-24-11-10-12-24)50-35(19-37-6,30(29)49-33(43)22(3)4)28-16-15-26-31(36)38-20-39-41(26)28/h7-9,13-16,19-24,27,29-30H,10-12,17-18H2,1-6H3,(H,40,45)(H2,36,38,39)/t23-,27+,29+,30+,35-,52?/m0/s1. The molecule has 1 unspecified atom stereocenters. The fraction of sp³-hybridized carbons (Fsp3) is 0.543. The molecular weight excluding hydrogens is 695 g/mol. The van der Waals surface area contributed by atoms with Gasteiger partial charge in [0.15, 0.2) is 23.6 Å². The second-order valence-corrected chi connectivity index (χ2v) is 15.2. The Labute approximate surface area is 302 Å². The maximum Gasteiger partial charge on any atom is 0.459 e. The van der Waals surface area contributed by atoms with Crippen LogP contribution in [0.5, 0.6) is 5.75 Å². The number of benzene rings is 1. The molecule has 6 atom stereocenters. The largest absolute Gasteiger partial charge is 0.464 e. The maximum atomic E-state index is 14.5. The van der Waals surface area contributed by atoms with Crippen molar-refractivity contribution < 1.29 is 46.9 Å². The Balaban J connectivity index is 1.53. The predicted octanol–water partition coefficient (Wildman–Crippen LogP) is 4.27. The quantitative estimate of drug-likeness (QED) is 0.0911. The van der Waals surface area contributed by atoms with Crippen LogP contribution in [0.4, 0.5) is 5.82 Å². The van der Waals surface area contributed by atoms with Crippen LogP contribution in [-0.2, 0) is 48.0 Å². The number of fused-ring (bicyclic) bond motifs is 1. The normalized spacial score (nSPS) is 23.7. The molecule has 5 rings (SSSR count). The minimum Gasteiger partial charge on any atom is -0.464 e. The van der Waals surface area contributed by atoms with Gasteiger partial charge in [0.05, 0.1) is 30.7 Å². The summed E-state index contributed by atoms with van der Waals surface area (Å²) in [5, 5.41) is 7.05. The number of hydrogen-bond donors (Lipinski definition) is 2. The summed E-state index contributed by atoms with van der Waals surface area (Å²) in [7, 11) is -2.90. The topological polar surface area (TPSA) is 204 Å². The highest BCUT2D eigenvalue weighted by Crippen LogP contribution is 2.48. The van der Waals surface area contributed by atoms with Crippen LogP contribution in [0.3, 0.4) is 0 Å². The lowest BCUT2D eigenvalue weighted by atomic mass is 9.86. The Morgan fingerprint density at radius 2 is 1.73 bits per heavy atom. The van der Waals surface area contributed by atoms with Crippen LogP contribution >= 0.6 is 7.75 Å².